The van der Waals surface area contributed by atoms with Crippen LogP contribution < -0.4 is 19.7 Å². The number of hydrogen-bond acceptors (Lipinski definition) is 6. The number of carbonyl (C=O) groups is 2. The Morgan fingerprint density at radius 1 is 1.14 bits per heavy atom. The summed E-state index contributed by atoms with van der Waals surface area (Å²) in [6.07, 6.45) is -7.07. The number of nitrogens with one attached hydrogen (secondary N) is 2. The molecule has 37 heavy (non-hydrogen) atoms. The maximum atomic E-state index is 13.5. The van der Waals surface area contributed by atoms with E-state index in [1.54, 1.807) is 6.92 Å². The van der Waals surface area contributed by atoms with Gasteiger partial charge >= 0.3 is 12.3 Å². The number of alkyl halides is 3. The molecule has 2 aromatic rings. The first-order chi connectivity index (χ1) is 17.0. The van der Waals surface area contributed by atoms with Crippen molar-refractivity contribution in [3.8, 4) is 5.75 Å². The molecule has 0 aromatic heterocycles. The molecule has 0 saturated carbocycles. The topological polar surface area (TPSA) is 114 Å². The van der Waals surface area contributed by atoms with Gasteiger partial charge in [-0.25, -0.2) is 17.6 Å². The average molecular weight is 548 g/mol. The standard InChI is InChI=1S/C23H25F4N3O6S/c1-13(28-14(2)31)20-12-30(37(33,34)17-8-5-15(24)6-9-17)18-11-16(7-10-19(18)35-20)29-21(32)36-22(3,4)23(25,26)27/h5-11,13,20H,12H2,1-4H3,(H,28,31)(H,29,32). The molecule has 9 nitrogen and oxygen atoms in total. The number of hydrogen-bond donors (Lipinski definition) is 2. The number of nitrogens with zero attached hydrogens (tertiary/aromatic N) is 1. The van der Waals surface area contributed by atoms with Gasteiger partial charge in [0.05, 0.1) is 23.2 Å². The first-order valence-corrected chi connectivity index (χ1v) is 12.4. The normalized spacial score (nSPS) is 16.8. The van der Waals surface area contributed by atoms with E-state index in [0.29, 0.717) is 13.8 Å². The summed E-state index contributed by atoms with van der Waals surface area (Å²) >= 11 is 0. The Balaban J connectivity index is 1.98. The van der Waals surface area contributed by atoms with Crippen LogP contribution >= 0.6 is 0 Å². The third-order valence-electron chi connectivity index (χ3n) is 5.52. The highest BCUT2D eigenvalue weighted by atomic mass is 32.2. The van der Waals surface area contributed by atoms with E-state index in [1.807, 2.05) is 0 Å². The van der Waals surface area contributed by atoms with E-state index >= 15 is 0 Å². The molecule has 1 heterocycles. The molecule has 0 bridgehead atoms. The van der Waals surface area contributed by atoms with Gasteiger partial charge in [-0.05, 0) is 63.2 Å². The molecule has 0 radical (unpaired) electrons. The summed E-state index contributed by atoms with van der Waals surface area (Å²) in [6.45, 7) is 4.00. The number of amides is 2. The van der Waals surface area contributed by atoms with Gasteiger partial charge in [0.2, 0.25) is 11.5 Å². The Morgan fingerprint density at radius 2 is 1.76 bits per heavy atom. The Labute approximate surface area is 210 Å². The molecular formula is C23H25F4N3O6S. The lowest BCUT2D eigenvalue weighted by molar-refractivity contribution is -0.242. The van der Waals surface area contributed by atoms with E-state index in [1.165, 1.54) is 25.1 Å². The van der Waals surface area contributed by atoms with E-state index in [-0.39, 0.29) is 34.5 Å². The van der Waals surface area contributed by atoms with Gasteiger partial charge in [0.15, 0.2) is 0 Å². The lowest BCUT2D eigenvalue weighted by Gasteiger charge is -2.38. The van der Waals surface area contributed by atoms with Crippen LogP contribution in [0.4, 0.5) is 33.7 Å². The number of carbonyl (C=O) groups excluding carboxylic acids is 2. The maximum Gasteiger partial charge on any atom is 0.427 e. The SMILES string of the molecule is CC(=O)NC(C)C1CN(S(=O)(=O)c2ccc(F)cc2)c2cc(NC(=O)OC(C)(C)C(F)(F)F)ccc2O1. The van der Waals surface area contributed by atoms with E-state index < -0.39 is 45.9 Å². The second kappa shape index (κ2) is 10.1. The minimum atomic E-state index is -4.83. The van der Waals surface area contributed by atoms with Gasteiger partial charge in [0.25, 0.3) is 10.0 Å². The first kappa shape index (κ1) is 28.0. The van der Waals surface area contributed by atoms with Crippen LogP contribution in [0, 0.1) is 5.82 Å². The average Bonchev–Trinajstić information content (AvgIpc) is 2.77. The second-order valence-electron chi connectivity index (χ2n) is 8.84. The fraction of sp³-hybridized carbons (Fsp3) is 0.391. The van der Waals surface area contributed by atoms with Crippen molar-refractivity contribution in [1.29, 1.82) is 0 Å². The van der Waals surface area contributed by atoms with Gasteiger partial charge in [-0.3, -0.25) is 14.4 Å². The van der Waals surface area contributed by atoms with Crippen LogP contribution in [0.15, 0.2) is 47.4 Å². The Morgan fingerprint density at radius 3 is 2.32 bits per heavy atom. The van der Waals surface area contributed by atoms with Gasteiger partial charge < -0.3 is 14.8 Å². The van der Waals surface area contributed by atoms with Crippen LogP contribution in [-0.4, -0.2) is 50.9 Å². The fourth-order valence-corrected chi connectivity index (χ4v) is 4.90. The maximum absolute atomic E-state index is 13.5. The number of benzene rings is 2. The van der Waals surface area contributed by atoms with Gasteiger partial charge in [-0.1, -0.05) is 0 Å². The van der Waals surface area contributed by atoms with Crippen LogP contribution in [0.5, 0.6) is 5.75 Å². The van der Waals surface area contributed by atoms with Crippen molar-refractivity contribution in [1.82, 2.24) is 5.32 Å². The first-order valence-electron chi connectivity index (χ1n) is 10.9. The van der Waals surface area contributed by atoms with Crippen LogP contribution in [0.25, 0.3) is 0 Å². The molecule has 2 N–H and O–H groups in total. The molecule has 0 spiro atoms. The van der Waals surface area contributed by atoms with Crippen molar-refractivity contribution in [2.45, 2.75) is 56.5 Å². The van der Waals surface area contributed by atoms with E-state index in [9.17, 15) is 35.6 Å². The highest BCUT2D eigenvalue weighted by Crippen LogP contribution is 2.40. The number of rotatable bonds is 6. The largest absolute Gasteiger partial charge is 0.484 e. The highest BCUT2D eigenvalue weighted by molar-refractivity contribution is 7.92. The van der Waals surface area contributed by atoms with Crippen molar-refractivity contribution in [3.05, 3.63) is 48.3 Å². The summed E-state index contributed by atoms with van der Waals surface area (Å²) in [5.74, 6) is -0.950. The van der Waals surface area contributed by atoms with Crippen molar-refractivity contribution >= 4 is 33.4 Å². The van der Waals surface area contributed by atoms with E-state index in [2.05, 4.69) is 15.4 Å². The molecule has 2 aromatic carbocycles. The lowest BCUT2D eigenvalue weighted by atomic mass is 10.1. The molecule has 1 aliphatic rings. The van der Waals surface area contributed by atoms with Crippen LogP contribution in [0.3, 0.4) is 0 Å². The third kappa shape index (κ3) is 6.24. The smallest absolute Gasteiger partial charge is 0.427 e. The summed E-state index contributed by atoms with van der Waals surface area (Å²) in [4.78, 5) is 23.4. The van der Waals surface area contributed by atoms with Gasteiger partial charge in [0.1, 0.15) is 17.7 Å². The minimum absolute atomic E-state index is 0.0384. The molecular weight excluding hydrogens is 522 g/mol. The molecule has 0 aliphatic carbocycles. The molecule has 14 heteroatoms. The number of anilines is 2. The van der Waals surface area contributed by atoms with E-state index in [0.717, 1.165) is 28.6 Å². The zero-order valence-corrected chi connectivity index (χ0v) is 21.0. The van der Waals surface area contributed by atoms with Crippen molar-refractivity contribution in [3.63, 3.8) is 0 Å². The summed E-state index contributed by atoms with van der Waals surface area (Å²) in [6, 6.07) is 7.28. The molecule has 3 rings (SSSR count). The van der Waals surface area contributed by atoms with Crippen LogP contribution in [-0.2, 0) is 19.6 Å². The predicted molar refractivity (Wildman–Crippen MR) is 125 cm³/mol. The second-order valence-corrected chi connectivity index (χ2v) is 10.7. The Bertz CT molecular complexity index is 1280. The van der Waals surface area contributed by atoms with Gasteiger partial charge in [-0.2, -0.15) is 13.2 Å². The molecule has 2 amide bonds. The lowest BCUT2D eigenvalue weighted by Crippen LogP contribution is -2.52. The monoisotopic (exact) mass is 547 g/mol. The molecule has 202 valence electrons. The summed E-state index contributed by atoms with van der Waals surface area (Å²) in [5, 5.41) is 4.79. The molecule has 0 saturated heterocycles. The molecule has 1 aliphatic heterocycles. The zero-order valence-electron chi connectivity index (χ0n) is 20.2. The zero-order chi connectivity index (χ0) is 27.8. The summed E-state index contributed by atoms with van der Waals surface area (Å²) in [7, 11) is -4.30. The Kier molecular flexibility index (Phi) is 7.63. The number of sulfonamides is 1. The van der Waals surface area contributed by atoms with Crippen molar-refractivity contribution < 1.29 is 45.0 Å². The van der Waals surface area contributed by atoms with E-state index in [4.69, 9.17) is 4.74 Å². The van der Waals surface area contributed by atoms with Gasteiger partial charge in [-0.15, -0.1) is 0 Å². The van der Waals surface area contributed by atoms with Crippen molar-refractivity contribution in [2.75, 3.05) is 16.2 Å². The summed E-state index contributed by atoms with van der Waals surface area (Å²) in [5.41, 5.74) is -2.89. The minimum Gasteiger partial charge on any atom is -0.484 e. The fourth-order valence-electron chi connectivity index (χ4n) is 3.42. The highest BCUT2D eigenvalue weighted by Gasteiger charge is 2.51. The summed E-state index contributed by atoms with van der Waals surface area (Å²) < 4.78 is 91.0. The number of fused-ring (bicyclic) bond motifs is 1. The van der Waals surface area contributed by atoms with Crippen LogP contribution in [0.1, 0.15) is 27.7 Å². The molecule has 2 unspecified atom stereocenters. The van der Waals surface area contributed by atoms with Crippen LogP contribution in [0.2, 0.25) is 0 Å². The quantitative estimate of drug-likeness (QED) is 0.525. The molecule has 2 atom stereocenters. The number of ether oxygens (including phenoxy) is 2. The van der Waals surface area contributed by atoms with Crippen molar-refractivity contribution in [2.24, 2.45) is 0 Å². The predicted octanol–water partition coefficient (Wildman–Crippen LogP) is 4.20. The molecule has 0 fully saturated rings. The number of halogens is 4. The Hall–Kier alpha value is -3.55. The third-order valence-corrected chi connectivity index (χ3v) is 7.31. The van der Waals surface area contributed by atoms with Gasteiger partial charge in [0, 0.05) is 12.6 Å².